The van der Waals surface area contributed by atoms with Gasteiger partial charge in [-0.05, 0) is 11.0 Å². The zero-order chi connectivity index (χ0) is 11.4. The molecule has 0 aromatic heterocycles. The molecule has 0 radical (unpaired) electrons. The highest BCUT2D eigenvalue weighted by molar-refractivity contribution is 7.84. The predicted octanol–water partition coefficient (Wildman–Crippen LogP) is 1.35. The molecule has 82 valence electrons. The highest BCUT2D eigenvalue weighted by Crippen LogP contribution is 2.26. The lowest BCUT2D eigenvalue weighted by Crippen LogP contribution is -2.18. The number of rotatable bonds is 4. The number of hydrogen-bond acceptors (Lipinski definition) is 3. The van der Waals surface area contributed by atoms with Gasteiger partial charge in [-0.3, -0.25) is 4.18 Å². The molecule has 0 aliphatic heterocycles. The summed E-state index contributed by atoms with van der Waals surface area (Å²) in [4.78, 5) is 0. The van der Waals surface area contributed by atoms with Gasteiger partial charge in [0.05, 0.1) is 6.61 Å². The Kier molecular flexibility index (Phi) is 4.55. The zero-order valence-electron chi connectivity index (χ0n) is 8.83. The predicted molar refractivity (Wildman–Crippen MR) is 55.8 cm³/mol. The lowest BCUT2D eigenvalue weighted by molar-refractivity contribution is 0.311. The Hall–Kier alpha value is -0.610. The molecule has 0 fully saturated rings. The van der Waals surface area contributed by atoms with Gasteiger partial charge in [0.1, 0.15) is 0 Å². The second kappa shape index (κ2) is 4.75. The first-order valence-corrected chi connectivity index (χ1v) is 5.70. The third-order valence-corrected chi connectivity index (χ3v) is 2.21. The van der Waals surface area contributed by atoms with E-state index in [1.54, 1.807) is 0 Å². The third-order valence-electron chi connectivity index (χ3n) is 1.72. The molecule has 5 heteroatoms. The Morgan fingerprint density at radius 1 is 1.50 bits per heavy atom. The summed E-state index contributed by atoms with van der Waals surface area (Å²) < 4.78 is 25.3. The van der Waals surface area contributed by atoms with Crippen LogP contribution in [0.3, 0.4) is 0 Å². The first-order chi connectivity index (χ1) is 6.17. The number of hydrogen-bond donors (Lipinski definition) is 1. The lowest BCUT2D eigenvalue weighted by Gasteiger charge is -2.20. The third kappa shape index (κ3) is 5.94. The van der Waals surface area contributed by atoms with E-state index < -0.39 is 10.3 Å². The molecular weight excluding hydrogens is 202 g/mol. The molecule has 0 atom stereocenters. The summed E-state index contributed by atoms with van der Waals surface area (Å²) >= 11 is 0. The summed E-state index contributed by atoms with van der Waals surface area (Å²) in [7, 11) is -3.84. The topological polar surface area (TPSA) is 69.4 Å². The van der Waals surface area contributed by atoms with Crippen molar-refractivity contribution in [2.75, 3.05) is 6.61 Å². The van der Waals surface area contributed by atoms with E-state index in [4.69, 9.17) is 0 Å². The summed E-state index contributed by atoms with van der Waals surface area (Å²) in [6.45, 7) is 9.57. The van der Waals surface area contributed by atoms with E-state index in [-0.39, 0.29) is 12.0 Å². The molecule has 0 aromatic carbocycles. The van der Waals surface area contributed by atoms with E-state index in [9.17, 15) is 8.42 Å². The summed E-state index contributed by atoms with van der Waals surface area (Å²) in [6, 6.07) is 0. The van der Waals surface area contributed by atoms with Crippen LogP contribution < -0.4 is 5.14 Å². The second-order valence-electron chi connectivity index (χ2n) is 3.97. The molecule has 0 spiro atoms. The quantitative estimate of drug-likeness (QED) is 0.726. The van der Waals surface area contributed by atoms with Crippen LogP contribution in [0.5, 0.6) is 0 Å². The molecule has 0 aliphatic rings. The Morgan fingerprint density at radius 3 is 2.29 bits per heavy atom. The average Bonchev–Trinajstić information content (AvgIpc) is 1.93. The van der Waals surface area contributed by atoms with Crippen LogP contribution in [0.1, 0.15) is 27.2 Å². The highest BCUT2D eigenvalue weighted by atomic mass is 32.2. The molecule has 4 nitrogen and oxygen atoms in total. The van der Waals surface area contributed by atoms with Gasteiger partial charge >= 0.3 is 10.3 Å². The molecule has 14 heavy (non-hydrogen) atoms. The van der Waals surface area contributed by atoms with Crippen LogP contribution in [0.4, 0.5) is 0 Å². The average molecular weight is 219 g/mol. The van der Waals surface area contributed by atoms with Crippen LogP contribution >= 0.6 is 0 Å². The van der Waals surface area contributed by atoms with E-state index >= 15 is 0 Å². The van der Waals surface area contributed by atoms with Crippen molar-refractivity contribution in [2.24, 2.45) is 10.6 Å². The fraction of sp³-hybridized carbons (Fsp3) is 0.667. The van der Waals surface area contributed by atoms with Crippen LogP contribution in [-0.4, -0.2) is 15.0 Å². The van der Waals surface area contributed by atoms with Crippen molar-refractivity contribution in [3.63, 3.8) is 0 Å². The van der Waals surface area contributed by atoms with E-state index in [1.165, 1.54) is 0 Å². The normalized spacial score (nSPS) is 12.3. The van der Waals surface area contributed by atoms with Crippen molar-refractivity contribution in [2.45, 2.75) is 27.2 Å². The van der Waals surface area contributed by atoms with Gasteiger partial charge in [-0.15, -0.1) is 5.73 Å². The van der Waals surface area contributed by atoms with E-state index in [1.807, 2.05) is 20.8 Å². The molecule has 0 bridgehead atoms. The van der Waals surface area contributed by atoms with Crippen molar-refractivity contribution in [3.05, 3.63) is 17.9 Å². The summed E-state index contributed by atoms with van der Waals surface area (Å²) in [5.41, 5.74) is 3.62. The van der Waals surface area contributed by atoms with Crippen molar-refractivity contribution in [1.29, 1.82) is 0 Å². The minimum atomic E-state index is -3.84. The summed E-state index contributed by atoms with van der Waals surface area (Å²) in [6.07, 6.45) is 0.462. The zero-order valence-corrected chi connectivity index (χ0v) is 9.65. The van der Waals surface area contributed by atoms with Gasteiger partial charge in [-0.25, -0.2) is 5.14 Å². The molecule has 0 amide bonds. The van der Waals surface area contributed by atoms with Gasteiger partial charge in [0.15, 0.2) is 0 Å². The minimum Gasteiger partial charge on any atom is -0.258 e. The van der Waals surface area contributed by atoms with E-state index in [0.29, 0.717) is 6.42 Å². The Balaban J connectivity index is 4.21. The van der Waals surface area contributed by atoms with Crippen molar-refractivity contribution in [1.82, 2.24) is 0 Å². The van der Waals surface area contributed by atoms with Gasteiger partial charge < -0.3 is 0 Å². The second-order valence-corrected chi connectivity index (χ2v) is 5.19. The maximum absolute atomic E-state index is 10.5. The monoisotopic (exact) mass is 219 g/mol. The Bertz CT molecular complexity index is 332. The molecule has 0 saturated heterocycles. The van der Waals surface area contributed by atoms with Gasteiger partial charge in [0.2, 0.25) is 0 Å². The van der Waals surface area contributed by atoms with Crippen LogP contribution in [0, 0.1) is 5.41 Å². The van der Waals surface area contributed by atoms with Gasteiger partial charge in [0, 0.05) is 6.42 Å². The molecule has 0 rings (SSSR count). The molecule has 0 saturated carbocycles. The summed E-state index contributed by atoms with van der Waals surface area (Å²) in [5.74, 6) is 0. The first kappa shape index (κ1) is 13.4. The van der Waals surface area contributed by atoms with Crippen LogP contribution in [0.25, 0.3) is 0 Å². The van der Waals surface area contributed by atoms with Gasteiger partial charge in [0.25, 0.3) is 0 Å². The van der Waals surface area contributed by atoms with Crippen LogP contribution in [-0.2, 0) is 14.5 Å². The van der Waals surface area contributed by atoms with Crippen LogP contribution in [0.2, 0.25) is 0 Å². The van der Waals surface area contributed by atoms with Crippen molar-refractivity contribution >= 4 is 10.3 Å². The van der Waals surface area contributed by atoms with Crippen molar-refractivity contribution in [3.8, 4) is 0 Å². The van der Waals surface area contributed by atoms with Crippen LogP contribution in [0.15, 0.2) is 17.9 Å². The molecular formula is C9H17NO3S. The smallest absolute Gasteiger partial charge is 0.258 e. The fourth-order valence-electron chi connectivity index (χ4n) is 0.988. The standard InChI is InChI=1S/C9H17NO3S/c1-5-8(9(2,3)4)6-7-13-14(10,11)12/h1,6-7H2,2-4H3,(H2,10,11,12). The minimum absolute atomic E-state index is 0.0357. The molecule has 0 aromatic rings. The highest BCUT2D eigenvalue weighted by Gasteiger charge is 2.16. The maximum atomic E-state index is 10.5. The van der Waals surface area contributed by atoms with Crippen molar-refractivity contribution < 1.29 is 12.6 Å². The fourth-order valence-corrected chi connectivity index (χ4v) is 1.30. The van der Waals surface area contributed by atoms with E-state index in [2.05, 4.69) is 21.6 Å². The molecule has 0 unspecified atom stereocenters. The largest absolute Gasteiger partial charge is 0.333 e. The Morgan fingerprint density at radius 2 is 2.00 bits per heavy atom. The first-order valence-electron chi connectivity index (χ1n) is 4.23. The Labute approximate surface area is 85.7 Å². The lowest BCUT2D eigenvalue weighted by atomic mass is 9.85. The molecule has 2 N–H and O–H groups in total. The number of nitrogens with two attached hydrogens (primary N) is 1. The van der Waals surface area contributed by atoms with Gasteiger partial charge in [-0.1, -0.05) is 27.4 Å². The molecule has 0 heterocycles. The SMILES string of the molecule is C=C=C(CCOS(N)(=O)=O)C(C)(C)C. The van der Waals surface area contributed by atoms with Gasteiger partial charge in [-0.2, -0.15) is 8.42 Å². The summed E-state index contributed by atoms with van der Waals surface area (Å²) in [5, 5.41) is 4.68. The van der Waals surface area contributed by atoms with E-state index in [0.717, 1.165) is 5.57 Å². The maximum Gasteiger partial charge on any atom is 0.333 e. The molecule has 0 aliphatic carbocycles.